The van der Waals surface area contributed by atoms with Gasteiger partial charge >= 0.3 is 6.03 Å². The zero-order valence-electron chi connectivity index (χ0n) is 9.25. The van der Waals surface area contributed by atoms with Gasteiger partial charge in [0.25, 0.3) is 0 Å². The second-order valence-corrected chi connectivity index (χ2v) is 3.89. The van der Waals surface area contributed by atoms with Crippen LogP contribution in [0.4, 0.5) is 4.79 Å². The number of carbonyl (C=O) groups excluding carboxylic acids is 1. The van der Waals surface area contributed by atoms with Crippen molar-refractivity contribution in [3.05, 3.63) is 0 Å². The van der Waals surface area contributed by atoms with Crippen molar-refractivity contribution in [2.24, 2.45) is 0 Å². The van der Waals surface area contributed by atoms with Crippen LogP contribution in [-0.4, -0.2) is 42.8 Å². The maximum atomic E-state index is 11.6. The summed E-state index contributed by atoms with van der Waals surface area (Å²) >= 11 is 0. The Bertz CT molecular complexity index is 187. The van der Waals surface area contributed by atoms with Crippen molar-refractivity contribution >= 4 is 6.03 Å². The standard InChI is InChI=1S/C10H20N2O2/c1-4-5-11-10(13)12-6-8(2)14-9(3)7-12/h8-9H,4-7H2,1-3H3,(H,11,13). The van der Waals surface area contributed by atoms with Gasteiger partial charge in [-0.1, -0.05) is 6.92 Å². The lowest BCUT2D eigenvalue weighted by Crippen LogP contribution is -2.51. The fourth-order valence-electron chi connectivity index (χ4n) is 1.69. The number of morpholine rings is 1. The van der Waals surface area contributed by atoms with E-state index in [0.717, 1.165) is 13.0 Å². The SMILES string of the molecule is CCCNC(=O)N1CC(C)OC(C)C1. The molecule has 0 spiro atoms. The van der Waals surface area contributed by atoms with Gasteiger partial charge in [0.1, 0.15) is 0 Å². The van der Waals surface area contributed by atoms with Crippen LogP contribution in [0.5, 0.6) is 0 Å². The highest BCUT2D eigenvalue weighted by molar-refractivity contribution is 5.74. The molecule has 0 aromatic carbocycles. The Hall–Kier alpha value is -0.770. The molecule has 0 saturated carbocycles. The lowest BCUT2D eigenvalue weighted by Gasteiger charge is -2.35. The van der Waals surface area contributed by atoms with Crippen molar-refractivity contribution < 1.29 is 9.53 Å². The van der Waals surface area contributed by atoms with Crippen LogP contribution in [0.3, 0.4) is 0 Å². The van der Waals surface area contributed by atoms with Crippen LogP contribution in [0, 0.1) is 0 Å². The number of hydrogen-bond donors (Lipinski definition) is 1. The van der Waals surface area contributed by atoms with E-state index in [0.29, 0.717) is 13.1 Å². The topological polar surface area (TPSA) is 41.6 Å². The third-order valence-electron chi connectivity index (χ3n) is 2.23. The van der Waals surface area contributed by atoms with Gasteiger partial charge < -0.3 is 15.0 Å². The molecule has 14 heavy (non-hydrogen) atoms. The molecule has 82 valence electrons. The Morgan fingerprint density at radius 2 is 2.00 bits per heavy atom. The summed E-state index contributed by atoms with van der Waals surface area (Å²) in [7, 11) is 0. The minimum absolute atomic E-state index is 0.0360. The molecule has 0 aliphatic carbocycles. The van der Waals surface area contributed by atoms with E-state index in [1.54, 1.807) is 0 Å². The van der Waals surface area contributed by atoms with E-state index < -0.39 is 0 Å². The van der Waals surface area contributed by atoms with Gasteiger partial charge in [0.05, 0.1) is 12.2 Å². The Labute approximate surface area is 85.6 Å². The largest absolute Gasteiger partial charge is 0.372 e. The summed E-state index contributed by atoms with van der Waals surface area (Å²) in [6.07, 6.45) is 1.26. The molecule has 4 nitrogen and oxygen atoms in total. The van der Waals surface area contributed by atoms with Crippen LogP contribution in [0.2, 0.25) is 0 Å². The lowest BCUT2D eigenvalue weighted by molar-refractivity contribution is -0.0544. The van der Waals surface area contributed by atoms with Gasteiger partial charge in [-0.25, -0.2) is 4.79 Å². The summed E-state index contributed by atoms with van der Waals surface area (Å²) in [6.45, 7) is 8.18. The molecule has 1 rings (SSSR count). The van der Waals surface area contributed by atoms with E-state index in [1.807, 2.05) is 25.7 Å². The molecule has 0 aromatic heterocycles. The molecule has 4 heteroatoms. The fraction of sp³-hybridized carbons (Fsp3) is 0.900. The van der Waals surface area contributed by atoms with Crippen LogP contribution < -0.4 is 5.32 Å². The average Bonchev–Trinajstić information content (AvgIpc) is 2.12. The fourth-order valence-corrected chi connectivity index (χ4v) is 1.69. The highest BCUT2D eigenvalue weighted by Crippen LogP contribution is 2.10. The van der Waals surface area contributed by atoms with Gasteiger partial charge in [0.15, 0.2) is 0 Å². The Morgan fingerprint density at radius 1 is 1.43 bits per heavy atom. The molecule has 0 bridgehead atoms. The lowest BCUT2D eigenvalue weighted by atomic mass is 10.2. The maximum Gasteiger partial charge on any atom is 0.317 e. The minimum atomic E-state index is 0.0360. The molecular weight excluding hydrogens is 180 g/mol. The van der Waals surface area contributed by atoms with Crippen molar-refractivity contribution in [3.63, 3.8) is 0 Å². The number of ether oxygens (including phenoxy) is 1. The first-order valence-electron chi connectivity index (χ1n) is 5.31. The molecule has 0 radical (unpaired) electrons. The monoisotopic (exact) mass is 200 g/mol. The van der Waals surface area contributed by atoms with E-state index in [1.165, 1.54) is 0 Å². The van der Waals surface area contributed by atoms with Crippen LogP contribution in [0.1, 0.15) is 27.2 Å². The molecule has 1 fully saturated rings. The predicted molar refractivity (Wildman–Crippen MR) is 55.3 cm³/mol. The van der Waals surface area contributed by atoms with E-state index in [-0.39, 0.29) is 18.2 Å². The van der Waals surface area contributed by atoms with Gasteiger partial charge in [0, 0.05) is 19.6 Å². The molecule has 1 N–H and O–H groups in total. The van der Waals surface area contributed by atoms with Crippen LogP contribution in [-0.2, 0) is 4.74 Å². The van der Waals surface area contributed by atoms with Crippen LogP contribution in [0.15, 0.2) is 0 Å². The molecule has 1 aliphatic rings. The number of carbonyl (C=O) groups is 1. The normalized spacial score (nSPS) is 27.5. The molecule has 0 aromatic rings. The van der Waals surface area contributed by atoms with Crippen molar-refractivity contribution in [2.45, 2.75) is 39.4 Å². The minimum Gasteiger partial charge on any atom is -0.372 e. The van der Waals surface area contributed by atoms with Crippen molar-refractivity contribution in [1.29, 1.82) is 0 Å². The van der Waals surface area contributed by atoms with Gasteiger partial charge in [0.2, 0.25) is 0 Å². The number of urea groups is 1. The zero-order chi connectivity index (χ0) is 10.6. The van der Waals surface area contributed by atoms with Gasteiger partial charge in [-0.15, -0.1) is 0 Å². The summed E-state index contributed by atoms with van der Waals surface area (Å²) in [4.78, 5) is 13.4. The Balaban J connectivity index is 2.38. The van der Waals surface area contributed by atoms with E-state index in [2.05, 4.69) is 5.32 Å². The van der Waals surface area contributed by atoms with E-state index >= 15 is 0 Å². The first kappa shape index (κ1) is 11.3. The highest BCUT2D eigenvalue weighted by atomic mass is 16.5. The first-order valence-corrected chi connectivity index (χ1v) is 5.31. The number of nitrogens with zero attached hydrogens (tertiary/aromatic N) is 1. The Kier molecular flexibility index (Phi) is 4.20. The second-order valence-electron chi connectivity index (χ2n) is 3.89. The Morgan fingerprint density at radius 3 is 2.50 bits per heavy atom. The summed E-state index contributed by atoms with van der Waals surface area (Å²) < 4.78 is 5.55. The molecule has 1 saturated heterocycles. The number of rotatable bonds is 2. The summed E-state index contributed by atoms with van der Waals surface area (Å²) in [5, 5.41) is 2.87. The second kappa shape index (κ2) is 5.20. The summed E-state index contributed by atoms with van der Waals surface area (Å²) in [5.41, 5.74) is 0. The maximum absolute atomic E-state index is 11.6. The quantitative estimate of drug-likeness (QED) is 0.728. The summed E-state index contributed by atoms with van der Waals surface area (Å²) in [5.74, 6) is 0. The first-order chi connectivity index (χ1) is 6.63. The predicted octanol–water partition coefficient (Wildman–Crippen LogP) is 1.22. The van der Waals surface area contributed by atoms with E-state index in [9.17, 15) is 4.79 Å². The van der Waals surface area contributed by atoms with Crippen molar-refractivity contribution in [3.8, 4) is 0 Å². The van der Waals surface area contributed by atoms with E-state index in [4.69, 9.17) is 4.74 Å². The van der Waals surface area contributed by atoms with Crippen molar-refractivity contribution in [2.75, 3.05) is 19.6 Å². The molecule has 2 amide bonds. The molecule has 2 atom stereocenters. The smallest absolute Gasteiger partial charge is 0.317 e. The third-order valence-corrected chi connectivity index (χ3v) is 2.23. The molecule has 1 heterocycles. The van der Waals surface area contributed by atoms with Gasteiger partial charge in [-0.05, 0) is 20.3 Å². The number of nitrogens with one attached hydrogen (secondary N) is 1. The number of hydrogen-bond acceptors (Lipinski definition) is 2. The summed E-state index contributed by atoms with van der Waals surface area (Å²) in [6, 6.07) is 0.0360. The van der Waals surface area contributed by atoms with Crippen molar-refractivity contribution in [1.82, 2.24) is 10.2 Å². The van der Waals surface area contributed by atoms with Crippen LogP contribution in [0.25, 0.3) is 0 Å². The third kappa shape index (κ3) is 3.18. The zero-order valence-corrected chi connectivity index (χ0v) is 9.25. The van der Waals surface area contributed by atoms with Crippen LogP contribution >= 0.6 is 0 Å². The molecule has 1 aliphatic heterocycles. The average molecular weight is 200 g/mol. The van der Waals surface area contributed by atoms with Gasteiger partial charge in [-0.3, -0.25) is 0 Å². The molecular formula is C10H20N2O2. The number of amides is 2. The highest BCUT2D eigenvalue weighted by Gasteiger charge is 2.25. The van der Waals surface area contributed by atoms with Gasteiger partial charge in [-0.2, -0.15) is 0 Å². The molecule has 2 unspecified atom stereocenters.